The van der Waals surface area contributed by atoms with Gasteiger partial charge in [0.05, 0.1) is 7.11 Å². The molecule has 0 bridgehead atoms. The molecule has 82 valence electrons. The maximum absolute atomic E-state index is 13.8. The van der Waals surface area contributed by atoms with E-state index in [0.29, 0.717) is 24.5 Å². The van der Waals surface area contributed by atoms with Crippen molar-refractivity contribution >= 4 is 0 Å². The first-order valence-electron chi connectivity index (χ1n) is 4.63. The number of nitrogens with two attached hydrogens (primary N) is 1. The van der Waals surface area contributed by atoms with E-state index in [1.165, 1.54) is 7.11 Å². The summed E-state index contributed by atoms with van der Waals surface area (Å²) in [4.78, 5) is 0. The van der Waals surface area contributed by atoms with Gasteiger partial charge in [-0.25, -0.2) is 0 Å². The summed E-state index contributed by atoms with van der Waals surface area (Å²) in [5, 5.41) is 0. The molecule has 1 aromatic rings. The summed E-state index contributed by atoms with van der Waals surface area (Å²) in [5.41, 5.74) is 6.05. The minimum Gasteiger partial charge on any atom is -0.493 e. The molecule has 0 unspecified atom stereocenters. The van der Waals surface area contributed by atoms with Crippen LogP contribution < -0.4 is 19.9 Å². The Bertz CT molecular complexity index is 367. The first kappa shape index (κ1) is 10.0. The molecular formula is C10H12FNO3. The zero-order valence-corrected chi connectivity index (χ0v) is 8.38. The highest BCUT2D eigenvalue weighted by Crippen LogP contribution is 2.40. The van der Waals surface area contributed by atoms with Crippen LogP contribution in [0.25, 0.3) is 0 Å². The smallest absolute Gasteiger partial charge is 0.211 e. The van der Waals surface area contributed by atoms with Gasteiger partial charge in [0.2, 0.25) is 11.6 Å². The number of hydrogen-bond acceptors (Lipinski definition) is 4. The summed E-state index contributed by atoms with van der Waals surface area (Å²) in [6, 6.07) is 1.65. The molecule has 1 aliphatic rings. The lowest BCUT2D eigenvalue weighted by Gasteiger charge is -2.21. The van der Waals surface area contributed by atoms with Gasteiger partial charge in [-0.05, 0) is 6.07 Å². The summed E-state index contributed by atoms with van der Waals surface area (Å²) in [7, 11) is 1.40. The van der Waals surface area contributed by atoms with Crippen molar-refractivity contribution in [1.29, 1.82) is 0 Å². The zero-order valence-electron chi connectivity index (χ0n) is 8.38. The van der Waals surface area contributed by atoms with Crippen LogP contribution in [0.15, 0.2) is 6.07 Å². The van der Waals surface area contributed by atoms with Crippen LogP contribution in [0, 0.1) is 5.82 Å². The fourth-order valence-corrected chi connectivity index (χ4v) is 1.55. The lowest BCUT2D eigenvalue weighted by atomic mass is 10.1. The van der Waals surface area contributed by atoms with Gasteiger partial charge in [0.25, 0.3) is 0 Å². The molecule has 0 aromatic heterocycles. The Labute approximate surface area is 86.7 Å². The summed E-state index contributed by atoms with van der Waals surface area (Å²) < 4.78 is 29.2. The molecular weight excluding hydrogens is 201 g/mol. The second kappa shape index (κ2) is 3.94. The molecule has 2 rings (SSSR count). The van der Waals surface area contributed by atoms with E-state index in [0.717, 1.165) is 0 Å². The molecule has 1 aliphatic heterocycles. The van der Waals surface area contributed by atoms with Gasteiger partial charge >= 0.3 is 0 Å². The normalized spacial score (nSPS) is 13.8. The molecule has 1 aromatic carbocycles. The number of halogens is 1. The molecule has 0 atom stereocenters. The van der Waals surface area contributed by atoms with Crippen molar-refractivity contribution in [3.05, 3.63) is 17.4 Å². The summed E-state index contributed by atoms with van der Waals surface area (Å²) in [5.74, 6) is 0.0761. The minimum absolute atomic E-state index is 0.107. The highest BCUT2D eigenvalue weighted by molar-refractivity contribution is 5.52. The molecule has 5 heteroatoms. The molecule has 0 aliphatic carbocycles. The predicted molar refractivity (Wildman–Crippen MR) is 51.8 cm³/mol. The van der Waals surface area contributed by atoms with Crippen LogP contribution >= 0.6 is 0 Å². The summed E-state index contributed by atoms with van der Waals surface area (Å²) in [6.07, 6.45) is 0. The quantitative estimate of drug-likeness (QED) is 0.798. The average molecular weight is 213 g/mol. The van der Waals surface area contributed by atoms with Crippen LogP contribution in [0.5, 0.6) is 17.2 Å². The third-order valence-corrected chi connectivity index (χ3v) is 2.23. The van der Waals surface area contributed by atoms with Gasteiger partial charge in [-0.3, -0.25) is 0 Å². The van der Waals surface area contributed by atoms with Crippen molar-refractivity contribution in [2.24, 2.45) is 5.73 Å². The molecule has 0 saturated carbocycles. The fraction of sp³-hybridized carbons (Fsp3) is 0.400. The number of methoxy groups -OCH3 is 1. The maximum Gasteiger partial charge on any atom is 0.211 e. The molecule has 0 radical (unpaired) electrons. The van der Waals surface area contributed by atoms with Crippen molar-refractivity contribution in [2.75, 3.05) is 20.3 Å². The van der Waals surface area contributed by atoms with Crippen LogP contribution in [0.4, 0.5) is 4.39 Å². The lowest BCUT2D eigenvalue weighted by Crippen LogP contribution is -2.17. The Morgan fingerprint density at radius 1 is 1.47 bits per heavy atom. The third-order valence-electron chi connectivity index (χ3n) is 2.23. The van der Waals surface area contributed by atoms with E-state index in [1.807, 2.05) is 0 Å². The Kier molecular flexibility index (Phi) is 2.64. The van der Waals surface area contributed by atoms with E-state index >= 15 is 0 Å². The summed E-state index contributed by atoms with van der Waals surface area (Å²) >= 11 is 0. The number of ether oxygens (including phenoxy) is 3. The number of rotatable bonds is 2. The monoisotopic (exact) mass is 213 g/mol. The number of hydrogen-bond donors (Lipinski definition) is 1. The van der Waals surface area contributed by atoms with E-state index in [2.05, 4.69) is 0 Å². The van der Waals surface area contributed by atoms with Crippen molar-refractivity contribution in [1.82, 2.24) is 0 Å². The van der Waals surface area contributed by atoms with E-state index in [9.17, 15) is 4.39 Å². The highest BCUT2D eigenvalue weighted by atomic mass is 19.1. The van der Waals surface area contributed by atoms with Crippen molar-refractivity contribution in [2.45, 2.75) is 6.54 Å². The third kappa shape index (κ3) is 1.59. The van der Waals surface area contributed by atoms with Gasteiger partial charge in [-0.1, -0.05) is 0 Å². The van der Waals surface area contributed by atoms with Gasteiger partial charge in [-0.15, -0.1) is 0 Å². The Morgan fingerprint density at radius 3 is 2.87 bits per heavy atom. The van der Waals surface area contributed by atoms with Crippen LogP contribution in [0.2, 0.25) is 0 Å². The Hall–Kier alpha value is -1.49. The second-order valence-corrected chi connectivity index (χ2v) is 3.11. The largest absolute Gasteiger partial charge is 0.493 e. The maximum atomic E-state index is 13.8. The number of fused-ring (bicyclic) bond motifs is 1. The number of benzene rings is 1. The van der Waals surface area contributed by atoms with Crippen molar-refractivity contribution in [3.63, 3.8) is 0 Å². The van der Waals surface area contributed by atoms with E-state index in [-0.39, 0.29) is 18.0 Å². The van der Waals surface area contributed by atoms with Gasteiger partial charge < -0.3 is 19.9 Å². The second-order valence-electron chi connectivity index (χ2n) is 3.11. The first-order valence-corrected chi connectivity index (χ1v) is 4.63. The molecule has 0 saturated heterocycles. The highest BCUT2D eigenvalue weighted by Gasteiger charge is 2.23. The van der Waals surface area contributed by atoms with Crippen molar-refractivity contribution < 1.29 is 18.6 Å². The SMILES string of the molecule is COc1c(CN)cc2c(c1F)OCCO2. The topological polar surface area (TPSA) is 53.7 Å². The van der Waals surface area contributed by atoms with Gasteiger partial charge in [0.15, 0.2) is 11.5 Å². The first-order chi connectivity index (χ1) is 7.27. The van der Waals surface area contributed by atoms with E-state index < -0.39 is 5.82 Å². The molecule has 0 spiro atoms. The Morgan fingerprint density at radius 2 is 2.20 bits per heavy atom. The van der Waals surface area contributed by atoms with E-state index in [1.54, 1.807) is 6.07 Å². The van der Waals surface area contributed by atoms with Gasteiger partial charge in [0, 0.05) is 12.1 Å². The van der Waals surface area contributed by atoms with Crippen molar-refractivity contribution in [3.8, 4) is 17.2 Å². The van der Waals surface area contributed by atoms with Gasteiger partial charge in [0.1, 0.15) is 13.2 Å². The zero-order chi connectivity index (χ0) is 10.8. The van der Waals surface area contributed by atoms with Crippen LogP contribution in [-0.4, -0.2) is 20.3 Å². The molecule has 2 N–H and O–H groups in total. The van der Waals surface area contributed by atoms with E-state index in [4.69, 9.17) is 19.9 Å². The van der Waals surface area contributed by atoms with Crippen LogP contribution in [0.1, 0.15) is 5.56 Å². The predicted octanol–water partition coefficient (Wildman–Crippen LogP) is 1.06. The van der Waals surface area contributed by atoms with Crippen LogP contribution in [-0.2, 0) is 6.54 Å². The average Bonchev–Trinajstić information content (AvgIpc) is 2.29. The lowest BCUT2D eigenvalue weighted by molar-refractivity contribution is 0.162. The molecule has 1 heterocycles. The molecule has 15 heavy (non-hydrogen) atoms. The molecule has 4 nitrogen and oxygen atoms in total. The Balaban J connectivity index is 2.57. The molecule has 0 fully saturated rings. The van der Waals surface area contributed by atoms with Crippen LogP contribution in [0.3, 0.4) is 0 Å². The summed E-state index contributed by atoms with van der Waals surface area (Å²) in [6.45, 7) is 0.953. The fourth-order valence-electron chi connectivity index (χ4n) is 1.55. The van der Waals surface area contributed by atoms with Gasteiger partial charge in [-0.2, -0.15) is 4.39 Å². The molecule has 0 amide bonds. The minimum atomic E-state index is -0.546. The standard InChI is InChI=1S/C10H12FNO3/c1-13-9-6(5-12)4-7-10(8(9)11)15-3-2-14-7/h4H,2-3,5,12H2,1H3.